The van der Waals surface area contributed by atoms with Crippen LogP contribution < -0.4 is 16.0 Å². The van der Waals surface area contributed by atoms with Crippen molar-refractivity contribution >= 4 is 29.1 Å². The molecule has 2 heterocycles. The van der Waals surface area contributed by atoms with Gasteiger partial charge in [0.1, 0.15) is 5.82 Å². The monoisotopic (exact) mass is 442 g/mol. The molecule has 0 radical (unpaired) electrons. The summed E-state index contributed by atoms with van der Waals surface area (Å²) in [5.41, 5.74) is 8.24. The smallest absolute Gasteiger partial charge is 0.315 e. The number of hydrogen-bond donors (Lipinski definition) is 2. The van der Waals surface area contributed by atoms with Gasteiger partial charge in [-0.05, 0) is 69.2 Å². The average Bonchev–Trinajstić information content (AvgIpc) is 3.28. The Bertz CT molecular complexity index is 876. The summed E-state index contributed by atoms with van der Waals surface area (Å²) in [6.45, 7) is 0.693. The molecule has 0 spiro atoms. The van der Waals surface area contributed by atoms with Gasteiger partial charge in [-0.1, -0.05) is 6.07 Å². The van der Waals surface area contributed by atoms with Gasteiger partial charge >= 0.3 is 6.03 Å². The quantitative estimate of drug-likeness (QED) is 0.680. The third-order valence-electron chi connectivity index (χ3n) is 6.52. The summed E-state index contributed by atoms with van der Waals surface area (Å²) in [6, 6.07) is 4.42. The van der Waals surface area contributed by atoms with Crippen LogP contribution in [0.5, 0.6) is 0 Å². The van der Waals surface area contributed by atoms with E-state index in [-0.39, 0.29) is 12.1 Å². The number of carbonyl (C=O) groups is 1. The van der Waals surface area contributed by atoms with Crippen molar-refractivity contribution in [2.24, 2.45) is 5.73 Å². The van der Waals surface area contributed by atoms with E-state index in [9.17, 15) is 4.79 Å². The molecule has 2 aromatic heterocycles. The lowest BCUT2D eigenvalue weighted by Gasteiger charge is -2.36. The van der Waals surface area contributed by atoms with Gasteiger partial charge in [0, 0.05) is 43.2 Å². The standard InChI is InChI=1S/C23H34N6OS/c1-28(2)21-19-7-3-4-8-20(19)26-23(27-21)25-16-9-11-17(12-10-16)29(22(24)30)14-13-18-6-5-15-31-18/h5-6,15-17H,3-4,7-14H2,1-2H3,(H2,24,30)(H,25,26,27)/t16-,17+. The van der Waals surface area contributed by atoms with Crippen LogP contribution in [0.25, 0.3) is 0 Å². The van der Waals surface area contributed by atoms with Crippen molar-refractivity contribution in [3.63, 3.8) is 0 Å². The lowest BCUT2D eigenvalue weighted by Crippen LogP contribution is -2.47. The van der Waals surface area contributed by atoms with Crippen LogP contribution in [-0.4, -0.2) is 53.6 Å². The van der Waals surface area contributed by atoms with Crippen LogP contribution in [0, 0.1) is 0 Å². The molecule has 0 atom stereocenters. The Kier molecular flexibility index (Phi) is 6.95. The van der Waals surface area contributed by atoms with Crippen molar-refractivity contribution < 1.29 is 4.79 Å². The maximum absolute atomic E-state index is 12.1. The van der Waals surface area contributed by atoms with E-state index in [1.807, 2.05) is 4.90 Å². The second-order valence-corrected chi connectivity index (χ2v) is 9.94. The molecule has 2 aromatic rings. The number of fused-ring (bicyclic) bond motifs is 1. The molecule has 1 saturated carbocycles. The molecule has 0 unspecified atom stereocenters. The molecule has 3 N–H and O–H groups in total. The second kappa shape index (κ2) is 9.85. The molecule has 8 heteroatoms. The third-order valence-corrected chi connectivity index (χ3v) is 7.45. The molecule has 0 saturated heterocycles. The third kappa shape index (κ3) is 5.29. The zero-order chi connectivity index (χ0) is 21.8. The number of primary amides is 1. The van der Waals surface area contributed by atoms with Gasteiger partial charge in [-0.3, -0.25) is 0 Å². The minimum atomic E-state index is -0.304. The molecule has 1 fully saturated rings. The first kappa shape index (κ1) is 21.9. The minimum Gasteiger partial charge on any atom is -0.362 e. The van der Waals surface area contributed by atoms with E-state index in [2.05, 4.69) is 41.8 Å². The van der Waals surface area contributed by atoms with Gasteiger partial charge in [-0.15, -0.1) is 11.3 Å². The molecule has 2 aliphatic rings. The molecule has 168 valence electrons. The van der Waals surface area contributed by atoms with Gasteiger partial charge in [0.05, 0.1) is 5.69 Å². The summed E-state index contributed by atoms with van der Waals surface area (Å²) in [5.74, 6) is 1.80. The highest BCUT2D eigenvalue weighted by molar-refractivity contribution is 7.09. The van der Waals surface area contributed by atoms with Crippen LogP contribution in [-0.2, 0) is 19.3 Å². The zero-order valence-corrected chi connectivity index (χ0v) is 19.5. The highest BCUT2D eigenvalue weighted by Gasteiger charge is 2.28. The molecule has 2 amide bonds. The Balaban J connectivity index is 1.36. The van der Waals surface area contributed by atoms with Gasteiger partial charge < -0.3 is 20.9 Å². The summed E-state index contributed by atoms with van der Waals surface area (Å²) in [4.78, 5) is 27.0. The van der Waals surface area contributed by atoms with Crippen LogP contribution in [0.4, 0.5) is 16.6 Å². The number of nitrogens with two attached hydrogens (primary N) is 1. The van der Waals surface area contributed by atoms with E-state index in [4.69, 9.17) is 15.7 Å². The molecular weight excluding hydrogens is 408 g/mol. The molecule has 0 bridgehead atoms. The number of urea groups is 1. The van der Waals surface area contributed by atoms with Gasteiger partial charge in [-0.25, -0.2) is 9.78 Å². The fourth-order valence-corrected chi connectivity index (χ4v) is 5.58. The van der Waals surface area contributed by atoms with Crippen LogP contribution in [0.3, 0.4) is 0 Å². The largest absolute Gasteiger partial charge is 0.362 e. The van der Waals surface area contributed by atoms with Gasteiger partial charge in [0.15, 0.2) is 0 Å². The maximum atomic E-state index is 12.1. The van der Waals surface area contributed by atoms with E-state index in [0.717, 1.165) is 56.7 Å². The number of thiophene rings is 1. The molecular formula is C23H34N6OS. The minimum absolute atomic E-state index is 0.220. The van der Waals surface area contributed by atoms with Crippen molar-refractivity contribution in [2.45, 2.75) is 69.9 Å². The van der Waals surface area contributed by atoms with Gasteiger partial charge in [0.2, 0.25) is 5.95 Å². The fraction of sp³-hybridized carbons (Fsp3) is 0.609. The van der Waals surface area contributed by atoms with E-state index in [1.165, 1.54) is 29.0 Å². The van der Waals surface area contributed by atoms with Crippen molar-refractivity contribution in [3.8, 4) is 0 Å². The lowest BCUT2D eigenvalue weighted by molar-refractivity contribution is 0.162. The number of anilines is 2. The Morgan fingerprint density at radius 3 is 2.65 bits per heavy atom. The molecule has 7 nitrogen and oxygen atoms in total. The number of rotatable bonds is 7. The first-order valence-electron chi connectivity index (χ1n) is 11.4. The Morgan fingerprint density at radius 2 is 1.97 bits per heavy atom. The summed E-state index contributed by atoms with van der Waals surface area (Å²) in [6.07, 6.45) is 9.30. The number of aromatic nitrogens is 2. The first-order chi connectivity index (χ1) is 15.0. The predicted octanol–water partition coefficient (Wildman–Crippen LogP) is 3.83. The number of hydrogen-bond acceptors (Lipinski definition) is 6. The van der Waals surface area contributed by atoms with Crippen LogP contribution in [0.1, 0.15) is 54.7 Å². The zero-order valence-electron chi connectivity index (χ0n) is 18.6. The molecule has 4 rings (SSSR count). The Morgan fingerprint density at radius 1 is 1.19 bits per heavy atom. The number of carbonyl (C=O) groups excluding carboxylic acids is 1. The van der Waals surface area contributed by atoms with Crippen LogP contribution in [0.15, 0.2) is 17.5 Å². The van der Waals surface area contributed by atoms with Crippen molar-refractivity contribution in [3.05, 3.63) is 33.6 Å². The SMILES string of the molecule is CN(C)c1nc(N[C@H]2CC[C@@H](N(CCc3cccs3)C(N)=O)CC2)nc2c1CCCC2. The normalized spacial score (nSPS) is 20.7. The van der Waals surface area contributed by atoms with Crippen molar-refractivity contribution in [1.29, 1.82) is 0 Å². The van der Waals surface area contributed by atoms with Crippen molar-refractivity contribution in [1.82, 2.24) is 14.9 Å². The molecule has 2 aliphatic carbocycles. The van der Waals surface area contributed by atoms with Crippen LogP contribution >= 0.6 is 11.3 Å². The summed E-state index contributed by atoms with van der Waals surface area (Å²) in [5, 5.41) is 5.66. The average molecular weight is 443 g/mol. The molecule has 0 aromatic carbocycles. The van der Waals surface area contributed by atoms with E-state index in [1.54, 1.807) is 11.3 Å². The molecule has 31 heavy (non-hydrogen) atoms. The first-order valence-corrected chi connectivity index (χ1v) is 12.3. The van der Waals surface area contributed by atoms with E-state index < -0.39 is 0 Å². The predicted molar refractivity (Wildman–Crippen MR) is 127 cm³/mol. The fourth-order valence-electron chi connectivity index (χ4n) is 4.88. The van der Waals surface area contributed by atoms with Gasteiger partial charge in [-0.2, -0.15) is 4.98 Å². The van der Waals surface area contributed by atoms with E-state index in [0.29, 0.717) is 12.6 Å². The summed E-state index contributed by atoms with van der Waals surface area (Å²) < 4.78 is 0. The maximum Gasteiger partial charge on any atom is 0.315 e. The number of amides is 2. The highest BCUT2D eigenvalue weighted by atomic mass is 32.1. The second-order valence-electron chi connectivity index (χ2n) is 8.91. The Labute approximate surface area is 189 Å². The van der Waals surface area contributed by atoms with Gasteiger partial charge in [0.25, 0.3) is 0 Å². The highest BCUT2D eigenvalue weighted by Crippen LogP contribution is 2.30. The van der Waals surface area contributed by atoms with E-state index >= 15 is 0 Å². The Hall–Kier alpha value is -2.35. The van der Waals surface area contributed by atoms with Crippen LogP contribution in [0.2, 0.25) is 0 Å². The number of nitrogens with zero attached hydrogens (tertiary/aromatic N) is 4. The molecule has 0 aliphatic heterocycles. The topological polar surface area (TPSA) is 87.4 Å². The summed E-state index contributed by atoms with van der Waals surface area (Å²) >= 11 is 1.73. The van der Waals surface area contributed by atoms with Crippen molar-refractivity contribution in [2.75, 3.05) is 30.9 Å². The lowest BCUT2D eigenvalue weighted by atomic mass is 9.90. The number of aryl methyl sites for hydroxylation is 1. The number of nitrogens with one attached hydrogen (secondary N) is 1. The summed E-state index contributed by atoms with van der Waals surface area (Å²) in [7, 11) is 4.11.